The summed E-state index contributed by atoms with van der Waals surface area (Å²) in [6.45, 7) is 2.44. The molecule has 0 radical (unpaired) electrons. The molecule has 25 heavy (non-hydrogen) atoms. The number of aromatic nitrogens is 4. The van der Waals surface area contributed by atoms with Gasteiger partial charge in [-0.05, 0) is 25.0 Å². The summed E-state index contributed by atoms with van der Waals surface area (Å²) < 4.78 is 7.53. The van der Waals surface area contributed by atoms with E-state index >= 15 is 0 Å². The van der Waals surface area contributed by atoms with Crippen molar-refractivity contribution in [2.45, 2.75) is 25.8 Å². The third-order valence-corrected chi connectivity index (χ3v) is 5.14. The van der Waals surface area contributed by atoms with Crippen LogP contribution in [0.3, 0.4) is 0 Å². The van der Waals surface area contributed by atoms with E-state index in [9.17, 15) is 4.79 Å². The maximum absolute atomic E-state index is 13.1. The molecule has 0 spiro atoms. The van der Waals surface area contributed by atoms with Crippen molar-refractivity contribution in [2.24, 2.45) is 0 Å². The van der Waals surface area contributed by atoms with Gasteiger partial charge >= 0.3 is 0 Å². The predicted octanol–water partition coefficient (Wildman–Crippen LogP) is 3.17. The molecule has 1 amide bonds. The van der Waals surface area contributed by atoms with E-state index in [0.717, 1.165) is 24.2 Å². The van der Waals surface area contributed by atoms with Crippen LogP contribution in [0.5, 0.6) is 0 Å². The summed E-state index contributed by atoms with van der Waals surface area (Å²) in [6.07, 6.45) is 3.50. The number of imidazole rings is 1. The lowest BCUT2D eigenvalue weighted by Gasteiger charge is -2.22. The summed E-state index contributed by atoms with van der Waals surface area (Å²) in [6, 6.07) is 5.38. The lowest BCUT2D eigenvalue weighted by molar-refractivity contribution is 0.0739. The van der Waals surface area contributed by atoms with E-state index in [-0.39, 0.29) is 11.9 Å². The van der Waals surface area contributed by atoms with Crippen molar-refractivity contribution in [3.05, 3.63) is 46.7 Å². The fourth-order valence-corrected chi connectivity index (χ4v) is 4.04. The van der Waals surface area contributed by atoms with Gasteiger partial charge in [0.2, 0.25) is 5.89 Å². The van der Waals surface area contributed by atoms with Gasteiger partial charge in [-0.15, -0.1) is 10.2 Å². The van der Waals surface area contributed by atoms with Gasteiger partial charge in [0, 0.05) is 13.5 Å². The lowest BCUT2D eigenvalue weighted by Crippen LogP contribution is -2.29. The number of carbonyl (C=O) groups is 1. The van der Waals surface area contributed by atoms with Crippen molar-refractivity contribution < 1.29 is 9.21 Å². The van der Waals surface area contributed by atoms with Crippen molar-refractivity contribution >= 4 is 17.5 Å². The van der Waals surface area contributed by atoms with E-state index in [1.165, 1.54) is 0 Å². The number of fused-ring (bicyclic) bond motifs is 5. The second-order valence-corrected chi connectivity index (χ2v) is 6.67. The van der Waals surface area contributed by atoms with Gasteiger partial charge in [-0.25, -0.2) is 4.98 Å². The molecule has 1 aromatic carbocycles. The Balaban J connectivity index is 1.82. The quantitative estimate of drug-likeness (QED) is 0.670. The molecule has 8 heteroatoms. The van der Waals surface area contributed by atoms with Gasteiger partial charge in [0.05, 0.1) is 28.0 Å². The van der Waals surface area contributed by atoms with Crippen LogP contribution >= 0.6 is 11.6 Å². The highest BCUT2D eigenvalue weighted by Gasteiger charge is 2.40. The molecule has 4 heterocycles. The Morgan fingerprint density at radius 2 is 2.20 bits per heavy atom. The van der Waals surface area contributed by atoms with Crippen LogP contribution in [-0.4, -0.2) is 37.1 Å². The van der Waals surface area contributed by atoms with Crippen LogP contribution in [0.15, 0.2) is 28.9 Å². The number of benzene rings is 1. The number of amides is 1. The Morgan fingerprint density at radius 1 is 1.32 bits per heavy atom. The van der Waals surface area contributed by atoms with E-state index in [4.69, 9.17) is 16.0 Å². The second-order valence-electron chi connectivity index (χ2n) is 6.27. The molecule has 1 unspecified atom stereocenters. The summed E-state index contributed by atoms with van der Waals surface area (Å²) in [7, 11) is 0. The molecule has 2 aliphatic rings. The average Bonchev–Trinajstić information content (AvgIpc) is 3.30. The van der Waals surface area contributed by atoms with Gasteiger partial charge < -0.3 is 9.32 Å². The topological polar surface area (TPSA) is 77.1 Å². The first-order chi connectivity index (χ1) is 12.1. The molecule has 2 aromatic heterocycles. The van der Waals surface area contributed by atoms with Crippen LogP contribution < -0.4 is 0 Å². The fourth-order valence-electron chi connectivity index (χ4n) is 3.79. The first-order valence-corrected chi connectivity index (χ1v) is 8.50. The van der Waals surface area contributed by atoms with Crippen LogP contribution in [0.1, 0.15) is 40.8 Å². The summed E-state index contributed by atoms with van der Waals surface area (Å²) in [5.41, 5.74) is 2.77. The zero-order valence-corrected chi connectivity index (χ0v) is 14.2. The Labute approximate surface area is 148 Å². The third kappa shape index (κ3) is 1.99. The van der Waals surface area contributed by atoms with E-state index in [2.05, 4.69) is 15.2 Å². The van der Waals surface area contributed by atoms with Gasteiger partial charge in [0.15, 0.2) is 5.69 Å². The summed E-state index contributed by atoms with van der Waals surface area (Å²) in [5, 5.41) is 8.47. The minimum atomic E-state index is -0.0827. The fraction of sp³-hybridized carbons (Fsp3) is 0.294. The van der Waals surface area contributed by atoms with E-state index in [0.29, 0.717) is 34.6 Å². The van der Waals surface area contributed by atoms with Gasteiger partial charge in [0.1, 0.15) is 6.33 Å². The maximum atomic E-state index is 13.1. The van der Waals surface area contributed by atoms with Gasteiger partial charge in [0.25, 0.3) is 11.8 Å². The molecule has 7 nitrogen and oxygen atoms in total. The smallest absolute Gasteiger partial charge is 0.268 e. The normalized spacial score (nSPS) is 18.7. The number of halogens is 1. The van der Waals surface area contributed by atoms with Crippen molar-refractivity contribution in [2.75, 3.05) is 6.54 Å². The van der Waals surface area contributed by atoms with Crippen LogP contribution in [0.25, 0.3) is 17.3 Å². The van der Waals surface area contributed by atoms with Crippen LogP contribution in [0, 0.1) is 6.92 Å². The second kappa shape index (κ2) is 5.16. The van der Waals surface area contributed by atoms with E-state index < -0.39 is 0 Å². The summed E-state index contributed by atoms with van der Waals surface area (Å²) in [5.74, 6) is 0.809. The van der Waals surface area contributed by atoms with Crippen molar-refractivity contribution in [1.82, 2.24) is 24.6 Å². The Bertz CT molecular complexity index is 1010. The zero-order chi connectivity index (χ0) is 17.1. The Morgan fingerprint density at radius 3 is 3.00 bits per heavy atom. The van der Waals surface area contributed by atoms with Crippen molar-refractivity contribution in [3.8, 4) is 17.3 Å². The first kappa shape index (κ1) is 14.7. The van der Waals surface area contributed by atoms with Crippen LogP contribution in [0.2, 0.25) is 5.02 Å². The maximum Gasteiger partial charge on any atom is 0.268 e. The number of carbonyl (C=O) groups excluding carboxylic acids is 1. The van der Waals surface area contributed by atoms with Crippen molar-refractivity contribution in [1.29, 1.82) is 0 Å². The molecule has 1 fully saturated rings. The molecular formula is C17H14ClN5O2. The monoisotopic (exact) mass is 355 g/mol. The molecule has 0 bridgehead atoms. The molecule has 1 atom stereocenters. The molecular weight excluding hydrogens is 342 g/mol. The highest BCUT2D eigenvalue weighted by Crippen LogP contribution is 2.43. The van der Waals surface area contributed by atoms with Crippen molar-refractivity contribution in [3.63, 3.8) is 0 Å². The minimum absolute atomic E-state index is 0.0422. The molecule has 5 rings (SSSR count). The average molecular weight is 356 g/mol. The van der Waals surface area contributed by atoms with E-state index in [1.807, 2.05) is 21.6 Å². The number of hydrogen-bond acceptors (Lipinski definition) is 5. The molecule has 0 N–H and O–H groups in total. The number of aryl methyl sites for hydroxylation is 1. The number of hydrogen-bond donors (Lipinski definition) is 0. The van der Waals surface area contributed by atoms with Crippen LogP contribution in [0.4, 0.5) is 0 Å². The third-order valence-electron chi connectivity index (χ3n) is 4.83. The minimum Gasteiger partial charge on any atom is -0.420 e. The molecule has 0 aliphatic carbocycles. The molecule has 2 aliphatic heterocycles. The van der Waals surface area contributed by atoms with E-state index in [1.54, 1.807) is 19.3 Å². The number of nitrogens with zero attached hydrogens (tertiary/aromatic N) is 5. The Hall–Kier alpha value is -2.67. The standard InChI is InChI=1S/C17H14ClN5O2/c1-9-20-21-16(25-9)14-15-12-6-3-7-22(12)17(24)13-10(18)4-2-5-11(13)23(15)8-19-14/h2,4-5,8,12H,3,6-7H2,1H3. The lowest BCUT2D eigenvalue weighted by atomic mass is 10.1. The first-order valence-electron chi connectivity index (χ1n) is 8.12. The highest BCUT2D eigenvalue weighted by molar-refractivity contribution is 6.34. The molecule has 126 valence electrons. The summed E-state index contributed by atoms with van der Waals surface area (Å²) in [4.78, 5) is 19.5. The predicted molar refractivity (Wildman–Crippen MR) is 89.6 cm³/mol. The van der Waals surface area contributed by atoms with Crippen LogP contribution in [-0.2, 0) is 0 Å². The molecule has 1 saturated heterocycles. The van der Waals surface area contributed by atoms with Gasteiger partial charge in [-0.2, -0.15) is 0 Å². The Kier molecular flexibility index (Phi) is 3.03. The zero-order valence-electron chi connectivity index (χ0n) is 13.4. The SMILES string of the molecule is Cc1nnc(-c2ncn3c2C2CCCN2C(=O)c2c(Cl)cccc2-3)o1. The summed E-state index contributed by atoms with van der Waals surface area (Å²) >= 11 is 6.37. The van der Waals surface area contributed by atoms with Gasteiger partial charge in [-0.3, -0.25) is 9.36 Å². The molecule has 0 saturated carbocycles. The van der Waals surface area contributed by atoms with Gasteiger partial charge in [-0.1, -0.05) is 17.7 Å². The highest BCUT2D eigenvalue weighted by atomic mass is 35.5. The molecule has 3 aromatic rings. The largest absolute Gasteiger partial charge is 0.420 e. The number of rotatable bonds is 1.